The second-order valence-electron chi connectivity index (χ2n) is 5.95. The molecule has 1 aliphatic rings. The van der Waals surface area contributed by atoms with E-state index < -0.39 is 0 Å². The average Bonchev–Trinajstić information content (AvgIpc) is 2.99. The molecule has 0 radical (unpaired) electrons. The van der Waals surface area contributed by atoms with E-state index in [9.17, 15) is 0 Å². The highest BCUT2D eigenvalue weighted by Gasteiger charge is 2.29. The van der Waals surface area contributed by atoms with E-state index in [0.29, 0.717) is 12.0 Å². The Hall–Kier alpha value is -1.20. The third-order valence-corrected chi connectivity index (χ3v) is 4.87. The van der Waals surface area contributed by atoms with Crippen molar-refractivity contribution >= 4 is 11.3 Å². The van der Waals surface area contributed by atoms with Gasteiger partial charge in [0.1, 0.15) is 5.01 Å². The van der Waals surface area contributed by atoms with Crippen LogP contribution in [-0.4, -0.2) is 20.8 Å². The molecule has 0 bridgehead atoms. The zero-order valence-electron chi connectivity index (χ0n) is 12.6. The van der Waals surface area contributed by atoms with Crippen LogP contribution in [0.3, 0.4) is 0 Å². The molecule has 1 saturated carbocycles. The van der Waals surface area contributed by atoms with Gasteiger partial charge in [-0.2, -0.15) is 5.10 Å². The maximum atomic E-state index is 4.84. The van der Waals surface area contributed by atoms with E-state index in [-0.39, 0.29) is 6.04 Å². The molecule has 20 heavy (non-hydrogen) atoms. The van der Waals surface area contributed by atoms with Crippen LogP contribution in [0.15, 0.2) is 11.6 Å². The van der Waals surface area contributed by atoms with Gasteiger partial charge in [0.25, 0.3) is 0 Å². The van der Waals surface area contributed by atoms with E-state index in [1.807, 2.05) is 17.9 Å². The number of hydrogen-bond donors (Lipinski definition) is 1. The highest BCUT2D eigenvalue weighted by atomic mass is 32.1. The highest BCUT2D eigenvalue weighted by Crippen LogP contribution is 2.32. The second-order valence-corrected chi connectivity index (χ2v) is 6.84. The average molecular weight is 290 g/mol. The fraction of sp³-hybridized carbons (Fsp3) is 0.600. The molecule has 1 unspecified atom stereocenters. The largest absolute Gasteiger partial charge is 0.301 e. The molecule has 0 spiro atoms. The van der Waals surface area contributed by atoms with Gasteiger partial charge >= 0.3 is 0 Å². The lowest BCUT2D eigenvalue weighted by molar-refractivity contribution is 0.591. The normalized spacial score (nSPS) is 16.9. The van der Waals surface area contributed by atoms with Crippen LogP contribution in [0.5, 0.6) is 0 Å². The first kappa shape index (κ1) is 13.8. The van der Waals surface area contributed by atoms with Crippen molar-refractivity contribution in [2.45, 2.75) is 51.6 Å². The second kappa shape index (κ2) is 5.30. The molecule has 1 N–H and O–H groups in total. The summed E-state index contributed by atoms with van der Waals surface area (Å²) in [7, 11) is 1.99. The van der Waals surface area contributed by atoms with Crippen molar-refractivity contribution in [1.82, 2.24) is 20.1 Å². The third-order valence-electron chi connectivity index (χ3n) is 3.94. The molecule has 0 amide bonds. The maximum absolute atomic E-state index is 4.84. The Morgan fingerprint density at radius 1 is 1.40 bits per heavy atom. The minimum atomic E-state index is 0.189. The molecule has 3 rings (SSSR count). The highest BCUT2D eigenvalue weighted by molar-refractivity contribution is 7.09. The number of aromatic nitrogens is 3. The van der Waals surface area contributed by atoms with Crippen LogP contribution in [0, 0.1) is 6.92 Å². The minimum absolute atomic E-state index is 0.189. The summed E-state index contributed by atoms with van der Waals surface area (Å²) in [4.78, 5) is 4.84. The monoisotopic (exact) mass is 290 g/mol. The number of nitrogens with one attached hydrogen (secondary N) is 1. The van der Waals surface area contributed by atoms with E-state index in [1.54, 1.807) is 11.3 Å². The SMILES string of the molecule is Cc1c(C(NC2CC2)c2nc(C(C)C)cs2)cnn1C. The third kappa shape index (κ3) is 2.65. The first-order valence-corrected chi connectivity index (χ1v) is 8.14. The standard InChI is InChI=1S/C15H22N4S/c1-9(2)13-8-20-15(18-13)14(17-11-5-6-11)12-7-16-19(4)10(12)3/h7-9,11,14,17H,5-6H2,1-4H3. The number of hydrogen-bond acceptors (Lipinski definition) is 4. The van der Waals surface area contributed by atoms with E-state index in [0.717, 1.165) is 5.01 Å². The lowest BCUT2D eigenvalue weighted by Gasteiger charge is -2.16. The molecular weight excluding hydrogens is 268 g/mol. The summed E-state index contributed by atoms with van der Waals surface area (Å²) in [6.07, 6.45) is 4.53. The van der Waals surface area contributed by atoms with Crippen molar-refractivity contribution in [3.05, 3.63) is 33.5 Å². The van der Waals surface area contributed by atoms with Crippen LogP contribution in [0.1, 0.15) is 60.6 Å². The first-order valence-electron chi connectivity index (χ1n) is 7.26. The molecule has 5 heteroatoms. The Morgan fingerprint density at radius 2 is 2.15 bits per heavy atom. The van der Waals surface area contributed by atoms with Crippen LogP contribution in [-0.2, 0) is 7.05 Å². The first-order chi connectivity index (χ1) is 9.56. The van der Waals surface area contributed by atoms with Gasteiger partial charge in [0.2, 0.25) is 0 Å². The van der Waals surface area contributed by atoms with Crippen LogP contribution in [0.25, 0.3) is 0 Å². The quantitative estimate of drug-likeness (QED) is 0.920. The molecule has 108 valence electrons. The van der Waals surface area contributed by atoms with Crippen molar-refractivity contribution in [1.29, 1.82) is 0 Å². The Labute approximate surface area is 124 Å². The molecule has 1 fully saturated rings. The van der Waals surface area contributed by atoms with Crippen LogP contribution in [0.2, 0.25) is 0 Å². The zero-order valence-corrected chi connectivity index (χ0v) is 13.4. The summed E-state index contributed by atoms with van der Waals surface area (Å²) in [5, 5.41) is 11.5. The summed E-state index contributed by atoms with van der Waals surface area (Å²) < 4.78 is 1.94. The van der Waals surface area contributed by atoms with Gasteiger partial charge in [0, 0.05) is 29.7 Å². The summed E-state index contributed by atoms with van der Waals surface area (Å²) in [6.45, 7) is 6.51. The Balaban J connectivity index is 1.94. The van der Waals surface area contributed by atoms with Crippen molar-refractivity contribution in [3.8, 4) is 0 Å². The van der Waals surface area contributed by atoms with E-state index in [2.05, 4.69) is 36.6 Å². The van der Waals surface area contributed by atoms with Crippen molar-refractivity contribution in [2.75, 3.05) is 0 Å². The van der Waals surface area contributed by atoms with Gasteiger partial charge in [0.05, 0.1) is 17.9 Å². The van der Waals surface area contributed by atoms with Crippen molar-refractivity contribution < 1.29 is 0 Å². The van der Waals surface area contributed by atoms with Gasteiger partial charge in [-0.25, -0.2) is 4.98 Å². The van der Waals surface area contributed by atoms with Crippen LogP contribution in [0.4, 0.5) is 0 Å². The number of thiazole rings is 1. The predicted molar refractivity (Wildman–Crippen MR) is 82.1 cm³/mol. The molecule has 1 atom stereocenters. The van der Waals surface area contributed by atoms with Gasteiger partial charge in [-0.15, -0.1) is 11.3 Å². The molecule has 4 nitrogen and oxygen atoms in total. The molecular formula is C15H22N4S. The summed E-state index contributed by atoms with van der Waals surface area (Å²) >= 11 is 1.76. The Morgan fingerprint density at radius 3 is 2.65 bits per heavy atom. The Kier molecular flexibility index (Phi) is 3.65. The summed E-state index contributed by atoms with van der Waals surface area (Å²) in [5.41, 5.74) is 3.66. The summed E-state index contributed by atoms with van der Waals surface area (Å²) in [5.74, 6) is 0.483. The Bertz CT molecular complexity index is 595. The van der Waals surface area contributed by atoms with E-state index >= 15 is 0 Å². The van der Waals surface area contributed by atoms with Gasteiger partial charge in [0.15, 0.2) is 0 Å². The number of aryl methyl sites for hydroxylation is 1. The van der Waals surface area contributed by atoms with Gasteiger partial charge < -0.3 is 5.32 Å². The molecule has 0 saturated heterocycles. The molecule has 2 aromatic heterocycles. The molecule has 0 aliphatic heterocycles. The predicted octanol–water partition coefficient (Wildman–Crippen LogP) is 3.15. The fourth-order valence-electron chi connectivity index (χ4n) is 2.28. The van der Waals surface area contributed by atoms with Gasteiger partial charge in [-0.3, -0.25) is 4.68 Å². The minimum Gasteiger partial charge on any atom is -0.301 e. The number of rotatable bonds is 5. The van der Waals surface area contributed by atoms with E-state index in [4.69, 9.17) is 4.98 Å². The summed E-state index contributed by atoms with van der Waals surface area (Å²) in [6, 6.07) is 0.833. The smallest absolute Gasteiger partial charge is 0.115 e. The van der Waals surface area contributed by atoms with Crippen LogP contribution < -0.4 is 5.32 Å². The molecule has 2 heterocycles. The topological polar surface area (TPSA) is 42.7 Å². The fourth-order valence-corrected chi connectivity index (χ4v) is 3.33. The van der Waals surface area contributed by atoms with E-state index in [1.165, 1.54) is 29.8 Å². The molecule has 1 aliphatic carbocycles. The maximum Gasteiger partial charge on any atom is 0.115 e. The number of nitrogens with zero attached hydrogens (tertiary/aromatic N) is 3. The molecule has 2 aromatic rings. The zero-order chi connectivity index (χ0) is 14.3. The van der Waals surface area contributed by atoms with Crippen molar-refractivity contribution in [2.24, 2.45) is 7.05 Å². The van der Waals surface area contributed by atoms with Crippen molar-refractivity contribution in [3.63, 3.8) is 0 Å². The van der Waals surface area contributed by atoms with Gasteiger partial charge in [-0.05, 0) is 25.7 Å². The van der Waals surface area contributed by atoms with Crippen LogP contribution >= 0.6 is 11.3 Å². The lowest BCUT2D eigenvalue weighted by Crippen LogP contribution is -2.25. The lowest BCUT2D eigenvalue weighted by atomic mass is 10.1. The molecule has 0 aromatic carbocycles. The van der Waals surface area contributed by atoms with Gasteiger partial charge in [-0.1, -0.05) is 13.8 Å².